The van der Waals surface area contributed by atoms with Gasteiger partial charge in [0.1, 0.15) is 18.6 Å². The Bertz CT molecular complexity index is 1200. The predicted octanol–water partition coefficient (Wildman–Crippen LogP) is 4.24. The molecule has 37 heavy (non-hydrogen) atoms. The molecule has 1 aromatic carbocycles. The van der Waals surface area contributed by atoms with Gasteiger partial charge in [-0.1, -0.05) is 48.6 Å². The highest BCUT2D eigenvalue weighted by molar-refractivity contribution is 5.79. The van der Waals surface area contributed by atoms with Gasteiger partial charge in [0.2, 0.25) is 5.91 Å². The molecule has 0 radical (unpaired) electrons. The third-order valence-corrected chi connectivity index (χ3v) is 6.90. The van der Waals surface area contributed by atoms with E-state index < -0.39 is 12.1 Å². The fourth-order valence-electron chi connectivity index (χ4n) is 4.88. The maximum Gasteiger partial charge on any atom is 0.224 e. The van der Waals surface area contributed by atoms with Crippen LogP contribution in [-0.2, 0) is 20.7 Å². The Labute approximate surface area is 217 Å². The Morgan fingerprint density at radius 2 is 1.95 bits per heavy atom. The number of hydrogen-bond acceptors (Lipinski definition) is 6. The van der Waals surface area contributed by atoms with E-state index in [4.69, 9.17) is 9.47 Å². The number of nitrogens with one attached hydrogen (secondary N) is 1. The first-order valence-corrected chi connectivity index (χ1v) is 12.9. The molecule has 2 atom stereocenters. The summed E-state index contributed by atoms with van der Waals surface area (Å²) in [4.78, 5) is 19.5. The summed E-state index contributed by atoms with van der Waals surface area (Å²) >= 11 is 0. The molecule has 192 valence electrons. The van der Waals surface area contributed by atoms with Crippen LogP contribution in [-0.4, -0.2) is 52.7 Å². The molecular weight excluding hydrogens is 466 g/mol. The molecule has 1 aromatic heterocycles. The van der Waals surface area contributed by atoms with Gasteiger partial charge in [-0.3, -0.25) is 9.78 Å². The van der Waals surface area contributed by atoms with E-state index in [-0.39, 0.29) is 12.3 Å². The number of amides is 1. The van der Waals surface area contributed by atoms with Crippen LogP contribution in [0.4, 0.5) is 0 Å². The normalized spacial score (nSPS) is 19.1. The van der Waals surface area contributed by atoms with Gasteiger partial charge < -0.3 is 24.8 Å². The summed E-state index contributed by atoms with van der Waals surface area (Å²) in [5, 5.41) is 14.4. The molecule has 1 amide bonds. The van der Waals surface area contributed by atoms with E-state index in [9.17, 15) is 9.90 Å². The van der Waals surface area contributed by atoms with Crippen molar-refractivity contribution >= 4 is 5.91 Å². The number of aromatic nitrogens is 1. The van der Waals surface area contributed by atoms with Gasteiger partial charge in [-0.05, 0) is 67.1 Å². The van der Waals surface area contributed by atoms with Crippen molar-refractivity contribution in [3.63, 3.8) is 0 Å². The molecule has 3 heterocycles. The van der Waals surface area contributed by atoms with E-state index in [2.05, 4.69) is 21.3 Å². The van der Waals surface area contributed by atoms with E-state index in [1.807, 2.05) is 54.7 Å². The van der Waals surface area contributed by atoms with E-state index in [1.54, 1.807) is 12.5 Å². The van der Waals surface area contributed by atoms with E-state index in [0.29, 0.717) is 18.1 Å². The largest absolute Gasteiger partial charge is 0.465 e. The van der Waals surface area contributed by atoms with Gasteiger partial charge in [0.05, 0.1) is 12.5 Å². The number of hydrogen-bond donors (Lipinski definition) is 2. The number of aliphatic hydroxyl groups is 1. The van der Waals surface area contributed by atoms with Gasteiger partial charge in [-0.25, -0.2) is 0 Å². The molecule has 1 saturated heterocycles. The quantitative estimate of drug-likeness (QED) is 0.537. The van der Waals surface area contributed by atoms with Gasteiger partial charge in [0, 0.05) is 18.9 Å². The summed E-state index contributed by atoms with van der Waals surface area (Å²) in [5.74, 6) is 0.754. The predicted molar refractivity (Wildman–Crippen MR) is 142 cm³/mol. The molecule has 0 spiro atoms. The molecule has 1 fully saturated rings. The van der Waals surface area contributed by atoms with Crippen LogP contribution >= 0.6 is 0 Å². The minimum absolute atomic E-state index is 0.148. The summed E-state index contributed by atoms with van der Waals surface area (Å²) in [6.07, 6.45) is 15.9. The monoisotopic (exact) mass is 499 g/mol. The second-order valence-electron chi connectivity index (χ2n) is 9.64. The molecule has 2 aromatic rings. The van der Waals surface area contributed by atoms with Crippen molar-refractivity contribution in [3.05, 3.63) is 102 Å². The molecule has 1 aliphatic carbocycles. The highest BCUT2D eigenvalue weighted by atomic mass is 16.6. The topological polar surface area (TPSA) is 83.9 Å². The van der Waals surface area contributed by atoms with Crippen LogP contribution in [0.25, 0.3) is 11.1 Å². The van der Waals surface area contributed by atoms with Gasteiger partial charge in [0.25, 0.3) is 0 Å². The fourth-order valence-corrected chi connectivity index (χ4v) is 4.88. The van der Waals surface area contributed by atoms with E-state index in [1.165, 1.54) is 6.26 Å². The Hall–Kier alpha value is -3.68. The number of benzene rings is 1. The SMILES string of the molecule is O=C(Cc1ccc(-c2cccnc2)cc1)N[C@H](CN1CCCC1)[C@@H](O)C1=COC=C(C2=CC=CCC2)O1. The Morgan fingerprint density at radius 3 is 2.68 bits per heavy atom. The third kappa shape index (κ3) is 6.56. The lowest BCUT2D eigenvalue weighted by Gasteiger charge is -2.31. The highest BCUT2D eigenvalue weighted by Crippen LogP contribution is 2.28. The highest BCUT2D eigenvalue weighted by Gasteiger charge is 2.31. The van der Waals surface area contributed by atoms with Gasteiger partial charge in [-0.15, -0.1) is 0 Å². The molecule has 0 unspecified atom stereocenters. The van der Waals surface area contributed by atoms with Crippen LogP contribution in [0.15, 0.2) is 96.6 Å². The Morgan fingerprint density at radius 1 is 1.11 bits per heavy atom. The molecule has 7 heteroatoms. The minimum Gasteiger partial charge on any atom is -0.465 e. The van der Waals surface area contributed by atoms with Crippen LogP contribution < -0.4 is 5.32 Å². The molecular formula is C30H33N3O4. The molecule has 2 aliphatic heterocycles. The van der Waals surface area contributed by atoms with Crippen LogP contribution in [0.3, 0.4) is 0 Å². The van der Waals surface area contributed by atoms with Crippen LogP contribution in [0.2, 0.25) is 0 Å². The Balaban J connectivity index is 1.24. The van der Waals surface area contributed by atoms with Crippen LogP contribution in [0, 0.1) is 0 Å². The van der Waals surface area contributed by atoms with Crippen molar-refractivity contribution in [1.82, 2.24) is 15.2 Å². The van der Waals surface area contributed by atoms with Gasteiger partial charge >= 0.3 is 0 Å². The van der Waals surface area contributed by atoms with Crippen molar-refractivity contribution in [2.24, 2.45) is 0 Å². The smallest absolute Gasteiger partial charge is 0.224 e. The van der Waals surface area contributed by atoms with Crippen molar-refractivity contribution in [2.75, 3.05) is 19.6 Å². The average Bonchev–Trinajstić information content (AvgIpc) is 3.47. The van der Waals surface area contributed by atoms with Crippen molar-refractivity contribution in [1.29, 1.82) is 0 Å². The summed E-state index contributed by atoms with van der Waals surface area (Å²) < 4.78 is 11.6. The first kappa shape index (κ1) is 25.0. The molecule has 5 rings (SSSR count). The third-order valence-electron chi connectivity index (χ3n) is 6.90. The zero-order chi connectivity index (χ0) is 25.5. The first-order chi connectivity index (χ1) is 18.2. The van der Waals surface area contributed by atoms with E-state index in [0.717, 1.165) is 61.0 Å². The molecule has 0 saturated carbocycles. The molecule has 0 bridgehead atoms. The number of rotatable bonds is 9. The maximum atomic E-state index is 13.1. The summed E-state index contributed by atoms with van der Waals surface area (Å²) in [6.45, 7) is 2.45. The maximum absolute atomic E-state index is 13.1. The van der Waals surface area contributed by atoms with Crippen molar-refractivity contribution in [2.45, 2.75) is 44.2 Å². The first-order valence-electron chi connectivity index (χ1n) is 12.9. The number of ether oxygens (including phenoxy) is 2. The second-order valence-corrected chi connectivity index (χ2v) is 9.64. The van der Waals surface area contributed by atoms with Gasteiger partial charge in [-0.2, -0.15) is 0 Å². The lowest BCUT2D eigenvalue weighted by atomic mass is 10.0. The molecule has 2 N–H and O–H groups in total. The minimum atomic E-state index is -1.04. The second kappa shape index (κ2) is 12.0. The number of likely N-dealkylation sites (tertiary alicyclic amines) is 1. The summed E-state index contributed by atoms with van der Waals surface area (Å²) in [6, 6.07) is 11.3. The summed E-state index contributed by atoms with van der Waals surface area (Å²) in [7, 11) is 0. The molecule has 7 nitrogen and oxygen atoms in total. The number of carbonyl (C=O) groups excluding carboxylic acids is 1. The van der Waals surface area contributed by atoms with E-state index >= 15 is 0 Å². The number of aliphatic hydroxyl groups excluding tert-OH is 1. The number of nitrogens with zero attached hydrogens (tertiary/aromatic N) is 2. The van der Waals surface area contributed by atoms with Crippen molar-refractivity contribution < 1.29 is 19.4 Å². The zero-order valence-corrected chi connectivity index (χ0v) is 20.9. The zero-order valence-electron chi connectivity index (χ0n) is 20.9. The number of carbonyl (C=O) groups is 1. The summed E-state index contributed by atoms with van der Waals surface area (Å²) in [5.41, 5.74) is 4.01. The number of allylic oxidation sites excluding steroid dienone is 4. The average molecular weight is 500 g/mol. The standard InChI is InChI=1S/C30H33N3O4/c34-29(17-22-10-12-23(13-11-22)25-9-6-14-31-18-25)32-26(19-33-15-4-5-16-33)30(35)28-21-36-20-27(37-28)24-7-2-1-3-8-24/h1-2,6-7,9-14,18,20-21,26,30,35H,3-5,8,15-17,19H2,(H,32,34)/t26-,30-/m1/s1. The fraction of sp³-hybridized carbons (Fsp3) is 0.333. The van der Waals surface area contributed by atoms with Crippen LogP contribution in [0.5, 0.6) is 0 Å². The lowest BCUT2D eigenvalue weighted by molar-refractivity contribution is -0.122. The van der Waals surface area contributed by atoms with Crippen molar-refractivity contribution in [3.8, 4) is 11.1 Å². The lowest BCUT2D eigenvalue weighted by Crippen LogP contribution is -2.51. The number of pyridine rings is 1. The molecule has 3 aliphatic rings. The van der Waals surface area contributed by atoms with Gasteiger partial charge in [0.15, 0.2) is 11.5 Å². The Kier molecular flexibility index (Phi) is 8.13. The van der Waals surface area contributed by atoms with Crippen LogP contribution in [0.1, 0.15) is 31.2 Å².